The molecular formula is C21H18F4N4O2S. The van der Waals surface area contributed by atoms with Crippen LogP contribution in [0.2, 0.25) is 0 Å². The minimum atomic E-state index is -4.67. The zero-order valence-electron chi connectivity index (χ0n) is 16.7. The number of nitrogens with zero attached hydrogens (tertiary/aromatic N) is 1. The van der Waals surface area contributed by atoms with Crippen molar-refractivity contribution in [1.82, 2.24) is 15.6 Å². The number of anilines is 1. The average molecular weight is 466 g/mol. The number of benzene rings is 1. The van der Waals surface area contributed by atoms with Gasteiger partial charge in [-0.15, -0.1) is 11.8 Å². The fourth-order valence-electron chi connectivity index (χ4n) is 2.77. The molecule has 168 valence electrons. The number of aromatic nitrogens is 1. The molecule has 1 aliphatic rings. The Morgan fingerprint density at radius 1 is 1.16 bits per heavy atom. The van der Waals surface area contributed by atoms with Crippen LogP contribution in [0.15, 0.2) is 65.3 Å². The van der Waals surface area contributed by atoms with E-state index in [9.17, 15) is 27.2 Å². The summed E-state index contributed by atoms with van der Waals surface area (Å²) in [5.74, 6) is -1.47. The van der Waals surface area contributed by atoms with Crippen molar-refractivity contribution in [3.05, 3.63) is 77.5 Å². The van der Waals surface area contributed by atoms with E-state index in [1.54, 1.807) is 30.5 Å². The van der Waals surface area contributed by atoms with Crippen LogP contribution < -0.4 is 16.0 Å². The van der Waals surface area contributed by atoms with Crippen molar-refractivity contribution in [3.63, 3.8) is 0 Å². The first-order chi connectivity index (χ1) is 15.2. The molecule has 0 fully saturated rings. The van der Waals surface area contributed by atoms with Crippen molar-refractivity contribution in [2.24, 2.45) is 0 Å². The third-order valence-electron chi connectivity index (χ3n) is 4.34. The molecule has 3 rings (SSSR count). The second-order valence-electron chi connectivity index (χ2n) is 6.64. The summed E-state index contributed by atoms with van der Waals surface area (Å²) in [5, 5.41) is 7.28. The van der Waals surface area contributed by atoms with Gasteiger partial charge in [-0.05, 0) is 42.8 Å². The molecule has 1 aliphatic carbocycles. The predicted octanol–water partition coefficient (Wildman–Crippen LogP) is 4.73. The van der Waals surface area contributed by atoms with Gasteiger partial charge >= 0.3 is 12.2 Å². The van der Waals surface area contributed by atoms with Crippen LogP contribution >= 0.6 is 11.8 Å². The van der Waals surface area contributed by atoms with E-state index < -0.39 is 23.6 Å². The Morgan fingerprint density at radius 3 is 2.56 bits per heavy atom. The molecule has 0 bridgehead atoms. The van der Waals surface area contributed by atoms with Crippen LogP contribution in [0.25, 0.3) is 0 Å². The number of amides is 3. The van der Waals surface area contributed by atoms with Crippen LogP contribution in [-0.4, -0.2) is 29.2 Å². The van der Waals surface area contributed by atoms with Crippen molar-refractivity contribution in [2.45, 2.75) is 22.7 Å². The van der Waals surface area contributed by atoms with Gasteiger partial charge in [-0.25, -0.2) is 9.18 Å². The maximum absolute atomic E-state index is 13.9. The lowest BCUT2D eigenvalue weighted by atomic mass is 10.1. The topological polar surface area (TPSA) is 83.1 Å². The number of carbonyl (C=O) groups excluding carboxylic acids is 2. The zero-order chi connectivity index (χ0) is 23.3. The Hall–Kier alpha value is -3.34. The van der Waals surface area contributed by atoms with Gasteiger partial charge in [-0.3, -0.25) is 9.78 Å². The van der Waals surface area contributed by atoms with Gasteiger partial charge in [0, 0.05) is 29.1 Å². The van der Waals surface area contributed by atoms with Gasteiger partial charge in [0.15, 0.2) is 0 Å². The van der Waals surface area contributed by atoms with E-state index in [-0.39, 0.29) is 16.8 Å². The van der Waals surface area contributed by atoms with Gasteiger partial charge in [0.1, 0.15) is 11.5 Å². The summed E-state index contributed by atoms with van der Waals surface area (Å²) >= 11 is 1.51. The lowest BCUT2D eigenvalue weighted by Crippen LogP contribution is -2.28. The van der Waals surface area contributed by atoms with Gasteiger partial charge in [0.2, 0.25) is 0 Å². The zero-order valence-corrected chi connectivity index (χ0v) is 17.5. The fraction of sp³-hybridized carbons (Fsp3) is 0.190. The Kier molecular flexibility index (Phi) is 7.18. The molecule has 0 saturated carbocycles. The molecule has 1 aromatic carbocycles. The molecule has 1 atom stereocenters. The second-order valence-corrected chi connectivity index (χ2v) is 7.95. The van der Waals surface area contributed by atoms with Gasteiger partial charge in [-0.1, -0.05) is 12.2 Å². The first kappa shape index (κ1) is 23.3. The van der Waals surface area contributed by atoms with Crippen molar-refractivity contribution >= 4 is 29.4 Å². The normalized spacial score (nSPS) is 15.7. The molecule has 1 unspecified atom stereocenters. The highest BCUT2D eigenvalue weighted by Crippen LogP contribution is 2.31. The van der Waals surface area contributed by atoms with E-state index in [2.05, 4.69) is 20.9 Å². The fourth-order valence-corrected chi connectivity index (χ4v) is 3.79. The van der Waals surface area contributed by atoms with E-state index in [1.165, 1.54) is 18.8 Å². The van der Waals surface area contributed by atoms with Gasteiger partial charge < -0.3 is 16.0 Å². The molecule has 1 heterocycles. The second kappa shape index (κ2) is 9.86. The molecule has 0 radical (unpaired) electrons. The number of allylic oxidation sites excluding steroid dienone is 2. The molecule has 2 aromatic rings. The lowest BCUT2D eigenvalue weighted by molar-refractivity contribution is -0.137. The quantitative estimate of drug-likeness (QED) is 0.557. The lowest BCUT2D eigenvalue weighted by Gasteiger charge is -2.17. The minimum absolute atomic E-state index is 0.0518. The molecule has 0 spiro atoms. The van der Waals surface area contributed by atoms with Gasteiger partial charge in [-0.2, -0.15) is 13.2 Å². The predicted molar refractivity (Wildman–Crippen MR) is 113 cm³/mol. The molecule has 6 nitrogen and oxygen atoms in total. The number of thioether (sulfide) groups is 1. The maximum Gasteiger partial charge on any atom is 0.416 e. The SMILES string of the molecule is CNC(=O)c1cc(SC2C=CC(NC(=O)Nc3ccc(C(F)(F)F)cc3F)=CC2)ccn1. The van der Waals surface area contributed by atoms with Crippen LogP contribution in [0.1, 0.15) is 22.5 Å². The molecular weight excluding hydrogens is 448 g/mol. The number of hydrogen-bond acceptors (Lipinski definition) is 4. The van der Waals surface area contributed by atoms with Crippen LogP contribution in [0, 0.1) is 5.82 Å². The average Bonchev–Trinajstić information content (AvgIpc) is 2.75. The Bertz CT molecular complexity index is 1090. The Morgan fingerprint density at radius 2 is 1.94 bits per heavy atom. The highest BCUT2D eigenvalue weighted by Gasteiger charge is 2.31. The van der Waals surface area contributed by atoms with Crippen molar-refractivity contribution in [1.29, 1.82) is 0 Å². The summed E-state index contributed by atoms with van der Waals surface area (Å²) in [6.07, 6.45) is 2.75. The largest absolute Gasteiger partial charge is 0.416 e. The number of pyridine rings is 1. The molecule has 32 heavy (non-hydrogen) atoms. The van der Waals surface area contributed by atoms with E-state index in [0.29, 0.717) is 29.9 Å². The third kappa shape index (κ3) is 6.10. The molecule has 0 saturated heterocycles. The van der Waals surface area contributed by atoms with Gasteiger partial charge in [0.05, 0.1) is 11.3 Å². The van der Waals surface area contributed by atoms with Crippen molar-refractivity contribution in [2.75, 3.05) is 12.4 Å². The molecule has 3 amide bonds. The van der Waals surface area contributed by atoms with E-state index >= 15 is 0 Å². The first-order valence-electron chi connectivity index (χ1n) is 9.33. The smallest absolute Gasteiger partial charge is 0.354 e. The number of rotatable bonds is 5. The van der Waals surface area contributed by atoms with Crippen molar-refractivity contribution in [3.8, 4) is 0 Å². The molecule has 1 aromatic heterocycles. The van der Waals surface area contributed by atoms with E-state index in [1.807, 2.05) is 6.08 Å². The summed E-state index contributed by atoms with van der Waals surface area (Å²) in [7, 11) is 1.52. The van der Waals surface area contributed by atoms with E-state index in [0.717, 1.165) is 11.0 Å². The Balaban J connectivity index is 1.54. The summed E-state index contributed by atoms with van der Waals surface area (Å²) < 4.78 is 51.7. The molecule has 0 aliphatic heterocycles. The summed E-state index contributed by atoms with van der Waals surface area (Å²) in [5.41, 5.74) is -0.734. The number of carbonyl (C=O) groups is 2. The number of nitrogens with one attached hydrogen (secondary N) is 3. The monoisotopic (exact) mass is 466 g/mol. The third-order valence-corrected chi connectivity index (χ3v) is 5.52. The highest BCUT2D eigenvalue weighted by atomic mass is 32.2. The molecule has 11 heteroatoms. The van der Waals surface area contributed by atoms with E-state index in [4.69, 9.17) is 0 Å². The first-order valence-corrected chi connectivity index (χ1v) is 10.2. The van der Waals surface area contributed by atoms with Crippen molar-refractivity contribution < 1.29 is 27.2 Å². The van der Waals surface area contributed by atoms with Gasteiger partial charge in [0.25, 0.3) is 5.91 Å². The summed E-state index contributed by atoms with van der Waals surface area (Å²) in [6.45, 7) is 0. The molecule has 3 N–H and O–H groups in total. The number of alkyl halides is 3. The highest BCUT2D eigenvalue weighted by molar-refractivity contribution is 8.00. The van der Waals surface area contributed by atoms with Crippen LogP contribution in [0.5, 0.6) is 0 Å². The number of halogens is 4. The Labute approximate surface area is 185 Å². The van der Waals surface area contributed by atoms with Crippen LogP contribution in [-0.2, 0) is 6.18 Å². The summed E-state index contributed by atoms with van der Waals surface area (Å²) in [6, 6.07) is 4.56. The maximum atomic E-state index is 13.9. The number of hydrogen-bond donors (Lipinski definition) is 3. The number of urea groups is 1. The summed E-state index contributed by atoms with van der Waals surface area (Å²) in [4.78, 5) is 28.6. The van der Waals surface area contributed by atoms with Crippen LogP contribution in [0.3, 0.4) is 0 Å². The minimum Gasteiger partial charge on any atom is -0.354 e. The standard InChI is InChI=1S/C21H18F4N4O2S/c1-26-19(30)18-11-15(8-9-27-18)32-14-5-3-13(4-6-14)28-20(31)29-17-7-2-12(10-16(17)22)21(23,24)25/h2-5,7-11,14H,6H2,1H3,(H,26,30)(H2,28,29,31). The van der Waals surface area contributed by atoms with Crippen LogP contribution in [0.4, 0.5) is 28.0 Å².